The molecular formula is C16H26N2O. The van der Waals surface area contributed by atoms with Gasteiger partial charge in [0, 0.05) is 5.56 Å². The van der Waals surface area contributed by atoms with Gasteiger partial charge in [-0.2, -0.15) is 0 Å². The van der Waals surface area contributed by atoms with Crippen molar-refractivity contribution in [2.45, 2.75) is 52.4 Å². The van der Waals surface area contributed by atoms with Gasteiger partial charge in [0.1, 0.15) is 11.6 Å². The number of hydrogen-bond donors (Lipinski definition) is 2. The first-order valence-electron chi connectivity index (χ1n) is 7.23. The molecular weight excluding hydrogens is 236 g/mol. The second-order valence-corrected chi connectivity index (χ2v) is 5.01. The molecule has 0 aliphatic heterocycles. The average Bonchev–Trinajstić information content (AvgIpc) is 2.39. The van der Waals surface area contributed by atoms with Crippen LogP contribution < -0.4 is 10.5 Å². The summed E-state index contributed by atoms with van der Waals surface area (Å²) in [4.78, 5) is 0. The topological polar surface area (TPSA) is 59.1 Å². The molecule has 0 aliphatic carbocycles. The number of amidine groups is 1. The second-order valence-electron chi connectivity index (χ2n) is 5.01. The molecule has 0 aromatic heterocycles. The van der Waals surface area contributed by atoms with E-state index in [4.69, 9.17) is 15.9 Å². The lowest BCUT2D eigenvalue weighted by Crippen LogP contribution is -2.11. The lowest BCUT2D eigenvalue weighted by molar-refractivity contribution is 0.302. The predicted molar refractivity (Wildman–Crippen MR) is 81.1 cm³/mol. The summed E-state index contributed by atoms with van der Waals surface area (Å²) < 4.78 is 5.77. The Morgan fingerprint density at radius 1 is 1.16 bits per heavy atom. The van der Waals surface area contributed by atoms with Gasteiger partial charge >= 0.3 is 0 Å². The zero-order valence-corrected chi connectivity index (χ0v) is 12.2. The fourth-order valence-electron chi connectivity index (χ4n) is 2.04. The van der Waals surface area contributed by atoms with Crippen LogP contribution in [0.3, 0.4) is 0 Å². The summed E-state index contributed by atoms with van der Waals surface area (Å²) in [5.74, 6) is 1.00. The van der Waals surface area contributed by atoms with Crippen LogP contribution in [-0.2, 0) is 0 Å². The molecule has 0 fully saturated rings. The van der Waals surface area contributed by atoms with Crippen molar-refractivity contribution < 1.29 is 4.74 Å². The molecule has 1 rings (SSSR count). The van der Waals surface area contributed by atoms with Crippen LogP contribution in [0, 0.1) is 12.3 Å². The van der Waals surface area contributed by atoms with Crippen LogP contribution in [0.25, 0.3) is 0 Å². The molecule has 0 amide bonds. The molecule has 0 spiro atoms. The van der Waals surface area contributed by atoms with E-state index in [0.29, 0.717) is 0 Å². The van der Waals surface area contributed by atoms with Gasteiger partial charge in [-0.15, -0.1) is 0 Å². The number of aryl methyl sites for hydroxylation is 1. The van der Waals surface area contributed by atoms with Crippen molar-refractivity contribution in [1.29, 1.82) is 5.41 Å². The smallest absolute Gasteiger partial charge is 0.122 e. The first-order chi connectivity index (χ1) is 9.15. The van der Waals surface area contributed by atoms with Gasteiger partial charge in [-0.3, -0.25) is 5.41 Å². The van der Waals surface area contributed by atoms with E-state index < -0.39 is 0 Å². The van der Waals surface area contributed by atoms with Crippen LogP contribution in [0.2, 0.25) is 0 Å². The summed E-state index contributed by atoms with van der Waals surface area (Å²) in [6, 6.07) is 5.65. The molecule has 0 aliphatic rings. The van der Waals surface area contributed by atoms with Crippen LogP contribution in [0.4, 0.5) is 0 Å². The van der Waals surface area contributed by atoms with Gasteiger partial charge < -0.3 is 10.5 Å². The molecule has 106 valence electrons. The van der Waals surface area contributed by atoms with Gasteiger partial charge in [0.25, 0.3) is 0 Å². The highest BCUT2D eigenvalue weighted by atomic mass is 16.5. The monoisotopic (exact) mass is 262 g/mol. The van der Waals surface area contributed by atoms with Crippen molar-refractivity contribution in [2.75, 3.05) is 6.61 Å². The molecule has 0 saturated heterocycles. The van der Waals surface area contributed by atoms with Crippen molar-refractivity contribution >= 4 is 5.84 Å². The summed E-state index contributed by atoms with van der Waals surface area (Å²) in [5.41, 5.74) is 7.25. The lowest BCUT2D eigenvalue weighted by Gasteiger charge is -2.10. The molecule has 0 saturated carbocycles. The first kappa shape index (κ1) is 15.5. The summed E-state index contributed by atoms with van der Waals surface area (Å²) >= 11 is 0. The van der Waals surface area contributed by atoms with Crippen molar-refractivity contribution in [2.24, 2.45) is 5.73 Å². The summed E-state index contributed by atoms with van der Waals surface area (Å²) in [5, 5.41) is 7.39. The van der Waals surface area contributed by atoms with E-state index in [0.717, 1.165) is 29.9 Å². The highest BCUT2D eigenvalue weighted by molar-refractivity contribution is 5.95. The minimum absolute atomic E-state index is 0.102. The van der Waals surface area contributed by atoms with Gasteiger partial charge in [-0.25, -0.2) is 0 Å². The predicted octanol–water partition coefficient (Wildman–Crippen LogP) is 4.02. The minimum atomic E-state index is 0.102. The Morgan fingerprint density at radius 3 is 2.47 bits per heavy atom. The Bertz CT molecular complexity index is 402. The van der Waals surface area contributed by atoms with E-state index in [1.54, 1.807) is 0 Å². The highest BCUT2D eigenvalue weighted by Gasteiger charge is 2.03. The number of nitrogens with two attached hydrogens (primary N) is 1. The maximum absolute atomic E-state index is 7.39. The van der Waals surface area contributed by atoms with E-state index >= 15 is 0 Å². The molecule has 3 heteroatoms. The number of nitrogen functional groups attached to an aromatic ring is 1. The van der Waals surface area contributed by atoms with Gasteiger partial charge in [-0.05, 0) is 37.1 Å². The normalized spacial score (nSPS) is 10.4. The molecule has 0 heterocycles. The molecule has 1 aromatic rings. The Balaban J connectivity index is 2.28. The maximum Gasteiger partial charge on any atom is 0.122 e. The Labute approximate surface area is 116 Å². The molecule has 0 bridgehead atoms. The maximum atomic E-state index is 7.39. The van der Waals surface area contributed by atoms with Crippen LogP contribution in [0.1, 0.15) is 56.6 Å². The van der Waals surface area contributed by atoms with Crippen molar-refractivity contribution in [3.05, 3.63) is 29.3 Å². The fraction of sp³-hybridized carbons (Fsp3) is 0.562. The number of benzene rings is 1. The van der Waals surface area contributed by atoms with Crippen molar-refractivity contribution in [3.63, 3.8) is 0 Å². The third-order valence-electron chi connectivity index (χ3n) is 3.24. The van der Waals surface area contributed by atoms with Gasteiger partial charge in [-0.1, -0.05) is 39.0 Å². The Morgan fingerprint density at radius 2 is 1.84 bits per heavy atom. The zero-order chi connectivity index (χ0) is 14.1. The van der Waals surface area contributed by atoms with E-state index in [2.05, 4.69) is 6.92 Å². The zero-order valence-electron chi connectivity index (χ0n) is 12.2. The lowest BCUT2D eigenvalue weighted by atomic mass is 10.1. The Kier molecular flexibility index (Phi) is 7.01. The summed E-state index contributed by atoms with van der Waals surface area (Å²) in [6.45, 7) is 4.99. The number of hydrogen-bond acceptors (Lipinski definition) is 2. The van der Waals surface area contributed by atoms with E-state index in [-0.39, 0.29) is 5.84 Å². The largest absolute Gasteiger partial charge is 0.493 e. The van der Waals surface area contributed by atoms with Crippen LogP contribution >= 0.6 is 0 Å². The highest BCUT2D eigenvalue weighted by Crippen LogP contribution is 2.19. The van der Waals surface area contributed by atoms with Gasteiger partial charge in [0.2, 0.25) is 0 Å². The van der Waals surface area contributed by atoms with E-state index in [1.165, 1.54) is 32.1 Å². The molecule has 0 atom stereocenters. The molecule has 0 radical (unpaired) electrons. The quantitative estimate of drug-likeness (QED) is 0.401. The molecule has 19 heavy (non-hydrogen) atoms. The van der Waals surface area contributed by atoms with Crippen molar-refractivity contribution in [3.8, 4) is 5.75 Å². The SMILES string of the molecule is CCCCCCCCOc1ccc(C(=N)N)cc1C. The van der Waals surface area contributed by atoms with Crippen LogP contribution in [-0.4, -0.2) is 12.4 Å². The van der Waals surface area contributed by atoms with Crippen LogP contribution in [0.15, 0.2) is 18.2 Å². The number of nitrogens with one attached hydrogen (secondary N) is 1. The average molecular weight is 262 g/mol. The molecule has 3 nitrogen and oxygen atoms in total. The molecule has 1 aromatic carbocycles. The van der Waals surface area contributed by atoms with Crippen LogP contribution in [0.5, 0.6) is 5.75 Å². The first-order valence-corrected chi connectivity index (χ1v) is 7.23. The standard InChI is InChI=1S/C16H26N2O/c1-3-4-5-6-7-8-11-19-15-10-9-14(16(17)18)12-13(15)2/h9-10,12H,3-8,11H2,1-2H3,(H3,17,18). The van der Waals surface area contributed by atoms with Gasteiger partial charge in [0.15, 0.2) is 0 Å². The van der Waals surface area contributed by atoms with E-state index in [1.807, 2.05) is 25.1 Å². The summed E-state index contributed by atoms with van der Waals surface area (Å²) in [6.07, 6.45) is 7.62. The summed E-state index contributed by atoms with van der Waals surface area (Å²) in [7, 11) is 0. The second kappa shape index (κ2) is 8.57. The fourth-order valence-corrected chi connectivity index (χ4v) is 2.04. The van der Waals surface area contributed by atoms with E-state index in [9.17, 15) is 0 Å². The third kappa shape index (κ3) is 5.77. The minimum Gasteiger partial charge on any atom is -0.493 e. The molecule has 3 N–H and O–H groups in total. The third-order valence-corrected chi connectivity index (χ3v) is 3.24. The van der Waals surface area contributed by atoms with Crippen molar-refractivity contribution in [1.82, 2.24) is 0 Å². The number of ether oxygens (including phenoxy) is 1. The molecule has 0 unspecified atom stereocenters. The Hall–Kier alpha value is -1.51. The van der Waals surface area contributed by atoms with Gasteiger partial charge in [0.05, 0.1) is 6.61 Å². The number of unbranched alkanes of at least 4 members (excludes halogenated alkanes) is 5. The number of rotatable bonds is 9.